The van der Waals surface area contributed by atoms with E-state index in [0.29, 0.717) is 12.1 Å². The molecule has 0 aliphatic rings. The van der Waals surface area contributed by atoms with E-state index >= 15 is 0 Å². The Labute approximate surface area is 93.0 Å². The third-order valence-corrected chi connectivity index (χ3v) is 2.01. The average Bonchev–Trinajstić information content (AvgIpc) is 2.35. The van der Waals surface area contributed by atoms with Gasteiger partial charge in [-0.3, -0.25) is 4.79 Å². The maximum absolute atomic E-state index is 11.1. The Kier molecular flexibility index (Phi) is 4.47. The number of esters is 1. The highest BCUT2D eigenvalue weighted by molar-refractivity contribution is 5.89. The van der Waals surface area contributed by atoms with Crippen molar-refractivity contribution < 1.29 is 19.4 Å². The molecule has 2 N–H and O–H groups in total. The molecule has 0 aliphatic heterocycles. The predicted molar refractivity (Wildman–Crippen MR) is 56.7 cm³/mol. The molecule has 0 aromatic heterocycles. The Hall–Kier alpha value is -1.88. The van der Waals surface area contributed by atoms with Crippen LogP contribution in [-0.2, 0) is 16.1 Å². The Morgan fingerprint density at radius 1 is 1.31 bits per heavy atom. The smallest absolute Gasteiger partial charge is 0.337 e. The van der Waals surface area contributed by atoms with Crippen LogP contribution in [-0.4, -0.2) is 30.7 Å². The van der Waals surface area contributed by atoms with Crippen molar-refractivity contribution in [3.63, 3.8) is 0 Å². The van der Waals surface area contributed by atoms with Gasteiger partial charge in [-0.15, -0.1) is 0 Å². The van der Waals surface area contributed by atoms with E-state index in [9.17, 15) is 9.59 Å². The van der Waals surface area contributed by atoms with Crippen molar-refractivity contribution in [3.8, 4) is 0 Å². The summed E-state index contributed by atoms with van der Waals surface area (Å²) >= 11 is 0. The van der Waals surface area contributed by atoms with Crippen LogP contribution in [0, 0.1) is 0 Å². The summed E-state index contributed by atoms with van der Waals surface area (Å²) in [5.74, 6) is -0.831. The zero-order chi connectivity index (χ0) is 12.0. The van der Waals surface area contributed by atoms with Gasteiger partial charge in [-0.1, -0.05) is 12.1 Å². The molecule has 0 unspecified atom stereocenters. The fourth-order valence-electron chi connectivity index (χ4n) is 1.13. The molecule has 86 valence electrons. The van der Waals surface area contributed by atoms with Crippen LogP contribution in [0.1, 0.15) is 15.9 Å². The van der Waals surface area contributed by atoms with Crippen molar-refractivity contribution in [2.45, 2.75) is 6.54 Å². The number of aliphatic hydroxyl groups is 1. The molecule has 1 aromatic rings. The number of hydrogen-bond donors (Lipinski definition) is 2. The molecule has 0 saturated heterocycles. The number of benzene rings is 1. The monoisotopic (exact) mass is 223 g/mol. The summed E-state index contributed by atoms with van der Waals surface area (Å²) in [5, 5.41) is 11.0. The molecule has 0 heterocycles. The van der Waals surface area contributed by atoms with Crippen molar-refractivity contribution in [3.05, 3.63) is 35.4 Å². The number of amides is 1. The third-order valence-electron chi connectivity index (χ3n) is 2.01. The molecular weight excluding hydrogens is 210 g/mol. The molecule has 1 amide bonds. The van der Waals surface area contributed by atoms with Crippen LogP contribution in [0.15, 0.2) is 24.3 Å². The summed E-state index contributed by atoms with van der Waals surface area (Å²) in [7, 11) is 1.32. The van der Waals surface area contributed by atoms with Crippen LogP contribution >= 0.6 is 0 Å². The predicted octanol–water partition coefficient (Wildman–Crippen LogP) is 0.0817. The highest BCUT2D eigenvalue weighted by atomic mass is 16.5. The average molecular weight is 223 g/mol. The van der Waals surface area contributed by atoms with Gasteiger partial charge in [0.15, 0.2) is 0 Å². The van der Waals surface area contributed by atoms with Crippen molar-refractivity contribution in [1.82, 2.24) is 5.32 Å². The SMILES string of the molecule is COC(=O)c1ccc(CNC(=O)CO)cc1. The van der Waals surface area contributed by atoms with Crippen LogP contribution in [0.2, 0.25) is 0 Å². The summed E-state index contributed by atoms with van der Waals surface area (Å²) < 4.78 is 4.55. The number of aliphatic hydroxyl groups excluding tert-OH is 1. The molecule has 0 aliphatic carbocycles. The molecule has 0 bridgehead atoms. The van der Waals surface area contributed by atoms with Gasteiger partial charge in [0.25, 0.3) is 0 Å². The minimum Gasteiger partial charge on any atom is -0.465 e. The molecule has 1 aromatic carbocycles. The molecule has 0 spiro atoms. The second-order valence-electron chi connectivity index (χ2n) is 3.12. The van der Waals surface area contributed by atoms with Gasteiger partial charge in [0.2, 0.25) is 5.91 Å². The maximum Gasteiger partial charge on any atom is 0.337 e. The summed E-state index contributed by atoms with van der Waals surface area (Å²) in [4.78, 5) is 21.9. The summed E-state index contributed by atoms with van der Waals surface area (Å²) in [6.45, 7) is -0.207. The largest absolute Gasteiger partial charge is 0.465 e. The Morgan fingerprint density at radius 3 is 2.44 bits per heavy atom. The molecule has 5 nitrogen and oxygen atoms in total. The van der Waals surface area contributed by atoms with Gasteiger partial charge >= 0.3 is 5.97 Å². The van der Waals surface area contributed by atoms with Crippen LogP contribution in [0.4, 0.5) is 0 Å². The van der Waals surface area contributed by atoms with Gasteiger partial charge in [-0.2, -0.15) is 0 Å². The number of carbonyl (C=O) groups is 2. The fraction of sp³-hybridized carbons (Fsp3) is 0.273. The van der Waals surface area contributed by atoms with E-state index in [2.05, 4.69) is 10.1 Å². The zero-order valence-electron chi connectivity index (χ0n) is 8.90. The minimum atomic E-state index is -0.528. The Bertz CT molecular complexity index is 372. The first-order valence-electron chi connectivity index (χ1n) is 4.72. The van der Waals surface area contributed by atoms with Gasteiger partial charge in [-0.25, -0.2) is 4.79 Å². The van der Waals surface area contributed by atoms with Gasteiger partial charge < -0.3 is 15.2 Å². The number of methoxy groups -OCH3 is 1. The molecule has 0 saturated carbocycles. The summed E-state index contributed by atoms with van der Waals surface area (Å²) in [6, 6.07) is 6.66. The first-order chi connectivity index (χ1) is 7.67. The lowest BCUT2D eigenvalue weighted by atomic mass is 10.1. The number of nitrogens with one attached hydrogen (secondary N) is 1. The second kappa shape index (κ2) is 5.87. The highest BCUT2D eigenvalue weighted by Crippen LogP contribution is 2.05. The van der Waals surface area contributed by atoms with E-state index in [1.54, 1.807) is 24.3 Å². The van der Waals surface area contributed by atoms with E-state index in [1.165, 1.54) is 7.11 Å². The lowest BCUT2D eigenvalue weighted by Crippen LogP contribution is -2.25. The molecule has 0 fully saturated rings. The number of hydrogen-bond acceptors (Lipinski definition) is 4. The van der Waals surface area contributed by atoms with Crippen molar-refractivity contribution in [1.29, 1.82) is 0 Å². The normalized spacial score (nSPS) is 9.62. The first kappa shape index (κ1) is 12.2. The van der Waals surface area contributed by atoms with Gasteiger partial charge in [0.05, 0.1) is 12.7 Å². The molecule has 16 heavy (non-hydrogen) atoms. The van der Waals surface area contributed by atoms with Gasteiger partial charge in [0.1, 0.15) is 6.61 Å². The zero-order valence-corrected chi connectivity index (χ0v) is 8.90. The van der Waals surface area contributed by atoms with Crippen molar-refractivity contribution in [2.75, 3.05) is 13.7 Å². The topological polar surface area (TPSA) is 75.6 Å². The van der Waals surface area contributed by atoms with E-state index in [0.717, 1.165) is 5.56 Å². The standard InChI is InChI=1S/C11H13NO4/c1-16-11(15)9-4-2-8(3-5-9)6-12-10(14)7-13/h2-5,13H,6-7H2,1H3,(H,12,14). The summed E-state index contributed by atoms with van der Waals surface area (Å²) in [6.07, 6.45) is 0. The summed E-state index contributed by atoms with van der Waals surface area (Å²) in [5.41, 5.74) is 1.30. The van der Waals surface area contributed by atoms with Crippen LogP contribution in [0.5, 0.6) is 0 Å². The number of rotatable bonds is 4. The second-order valence-corrected chi connectivity index (χ2v) is 3.12. The lowest BCUT2D eigenvalue weighted by molar-refractivity contribution is -0.123. The fourth-order valence-corrected chi connectivity index (χ4v) is 1.13. The van der Waals surface area contributed by atoms with Crippen LogP contribution < -0.4 is 5.32 Å². The van der Waals surface area contributed by atoms with E-state index < -0.39 is 18.5 Å². The minimum absolute atomic E-state index is 0.320. The Balaban J connectivity index is 2.58. The van der Waals surface area contributed by atoms with Gasteiger partial charge in [-0.05, 0) is 17.7 Å². The van der Waals surface area contributed by atoms with Crippen LogP contribution in [0.25, 0.3) is 0 Å². The van der Waals surface area contributed by atoms with E-state index in [4.69, 9.17) is 5.11 Å². The van der Waals surface area contributed by atoms with Crippen molar-refractivity contribution in [2.24, 2.45) is 0 Å². The maximum atomic E-state index is 11.1. The first-order valence-corrected chi connectivity index (χ1v) is 4.72. The number of ether oxygens (including phenoxy) is 1. The quantitative estimate of drug-likeness (QED) is 0.709. The molecule has 5 heteroatoms. The highest BCUT2D eigenvalue weighted by Gasteiger charge is 2.04. The van der Waals surface area contributed by atoms with E-state index in [-0.39, 0.29) is 0 Å². The van der Waals surface area contributed by atoms with Gasteiger partial charge in [0, 0.05) is 6.54 Å². The van der Waals surface area contributed by atoms with Crippen LogP contribution in [0.3, 0.4) is 0 Å². The third kappa shape index (κ3) is 3.36. The molecule has 0 atom stereocenters. The Morgan fingerprint density at radius 2 is 1.94 bits per heavy atom. The van der Waals surface area contributed by atoms with Crippen molar-refractivity contribution >= 4 is 11.9 Å². The van der Waals surface area contributed by atoms with E-state index in [1.807, 2.05) is 0 Å². The lowest BCUT2D eigenvalue weighted by Gasteiger charge is -2.04. The molecule has 0 radical (unpaired) electrons. The molecular formula is C11H13NO4. The molecule has 1 rings (SSSR count). The number of carbonyl (C=O) groups excluding carboxylic acids is 2.